The molecule has 0 spiro atoms. The molecule has 0 aliphatic carbocycles. The number of rotatable bonds is 7. The molecule has 1 aromatic carbocycles. The van der Waals surface area contributed by atoms with Crippen LogP contribution in [0, 0.1) is 6.92 Å². The van der Waals surface area contributed by atoms with E-state index in [0.717, 1.165) is 32.6 Å². The minimum atomic E-state index is 1.07. The third-order valence-electron chi connectivity index (χ3n) is 2.92. The maximum absolute atomic E-state index is 3.47. The lowest BCUT2D eigenvalue weighted by Crippen LogP contribution is -2.30. The van der Waals surface area contributed by atoms with E-state index in [1.54, 1.807) is 0 Å². The molecule has 0 fully saturated rings. The van der Waals surface area contributed by atoms with Crippen LogP contribution in [-0.2, 0) is 6.42 Å². The largest absolute Gasteiger partial charge is 0.315 e. The normalized spacial score (nSPS) is 11.0. The van der Waals surface area contributed by atoms with Gasteiger partial charge in [0.05, 0.1) is 0 Å². The zero-order valence-electron chi connectivity index (χ0n) is 10.8. The van der Waals surface area contributed by atoms with Crippen LogP contribution in [-0.4, -0.2) is 38.1 Å². The summed E-state index contributed by atoms with van der Waals surface area (Å²) in [5.41, 5.74) is 2.75. The van der Waals surface area contributed by atoms with Gasteiger partial charge in [-0.05, 0) is 39.0 Å². The number of nitrogens with zero attached hydrogens (tertiary/aromatic N) is 1. The zero-order chi connectivity index (χ0) is 11.8. The fourth-order valence-electron chi connectivity index (χ4n) is 1.54. The number of hydrogen-bond donors (Lipinski definition) is 1. The van der Waals surface area contributed by atoms with Crippen molar-refractivity contribution in [1.29, 1.82) is 0 Å². The highest BCUT2D eigenvalue weighted by Crippen LogP contribution is 2.02. The Balaban J connectivity index is 2.09. The maximum atomic E-state index is 3.47. The summed E-state index contributed by atoms with van der Waals surface area (Å²) in [6.07, 6.45) is 1.12. The fraction of sp³-hybridized carbons (Fsp3) is 0.571. The first-order valence-corrected chi connectivity index (χ1v) is 6.17. The van der Waals surface area contributed by atoms with Gasteiger partial charge >= 0.3 is 0 Å². The first-order valence-electron chi connectivity index (χ1n) is 6.17. The lowest BCUT2D eigenvalue weighted by Gasteiger charge is -2.13. The molecule has 0 bridgehead atoms. The molecule has 0 aliphatic rings. The van der Waals surface area contributed by atoms with Crippen molar-refractivity contribution >= 4 is 0 Å². The zero-order valence-corrected chi connectivity index (χ0v) is 10.8. The first-order chi connectivity index (χ1) is 7.72. The maximum Gasteiger partial charge on any atom is 0.0104 e. The highest BCUT2D eigenvalue weighted by atomic mass is 15.1. The highest BCUT2D eigenvalue weighted by Gasteiger charge is 1.95. The van der Waals surface area contributed by atoms with Gasteiger partial charge in [0.2, 0.25) is 0 Å². The summed E-state index contributed by atoms with van der Waals surface area (Å²) in [5, 5.41) is 3.47. The van der Waals surface area contributed by atoms with Crippen molar-refractivity contribution in [2.24, 2.45) is 0 Å². The van der Waals surface area contributed by atoms with E-state index in [1.165, 1.54) is 11.1 Å². The van der Waals surface area contributed by atoms with Crippen LogP contribution in [0.25, 0.3) is 0 Å². The second-order valence-corrected chi connectivity index (χ2v) is 4.38. The number of hydrogen-bond acceptors (Lipinski definition) is 2. The molecule has 0 saturated heterocycles. The molecule has 0 aliphatic heterocycles. The Labute approximate surface area is 99.7 Å². The van der Waals surface area contributed by atoms with E-state index in [1.807, 2.05) is 0 Å². The van der Waals surface area contributed by atoms with Gasteiger partial charge in [-0.15, -0.1) is 0 Å². The summed E-state index contributed by atoms with van der Waals surface area (Å²) < 4.78 is 0. The summed E-state index contributed by atoms with van der Waals surface area (Å²) in [4.78, 5) is 2.32. The third-order valence-corrected chi connectivity index (χ3v) is 2.92. The molecule has 1 rings (SSSR count). The minimum Gasteiger partial charge on any atom is -0.315 e. The van der Waals surface area contributed by atoms with Crippen LogP contribution in [0.4, 0.5) is 0 Å². The van der Waals surface area contributed by atoms with Crippen molar-refractivity contribution < 1.29 is 0 Å². The van der Waals surface area contributed by atoms with Gasteiger partial charge in [-0.2, -0.15) is 0 Å². The van der Waals surface area contributed by atoms with Crippen LogP contribution in [0.2, 0.25) is 0 Å². The second kappa shape index (κ2) is 7.42. The minimum absolute atomic E-state index is 1.07. The fourth-order valence-corrected chi connectivity index (χ4v) is 1.54. The van der Waals surface area contributed by atoms with E-state index in [4.69, 9.17) is 0 Å². The lowest BCUT2D eigenvalue weighted by atomic mass is 10.1. The average molecular weight is 220 g/mol. The standard InChI is InChI=1S/C14H24N2/c1-4-16(3)12-11-15-10-9-14-7-5-13(2)6-8-14/h5-8,15H,4,9-12H2,1-3H3. The van der Waals surface area contributed by atoms with Crippen LogP contribution < -0.4 is 5.32 Å². The van der Waals surface area contributed by atoms with E-state index in [2.05, 4.69) is 55.4 Å². The van der Waals surface area contributed by atoms with Gasteiger partial charge in [0.1, 0.15) is 0 Å². The van der Waals surface area contributed by atoms with Crippen molar-refractivity contribution in [3.63, 3.8) is 0 Å². The summed E-state index contributed by atoms with van der Waals surface area (Å²) in [6, 6.07) is 8.80. The Morgan fingerprint density at radius 1 is 1.12 bits per heavy atom. The molecule has 0 unspecified atom stereocenters. The predicted molar refractivity (Wildman–Crippen MR) is 70.9 cm³/mol. The van der Waals surface area contributed by atoms with E-state index >= 15 is 0 Å². The number of aryl methyl sites for hydroxylation is 1. The Morgan fingerprint density at radius 3 is 2.44 bits per heavy atom. The van der Waals surface area contributed by atoms with Crippen LogP contribution in [0.1, 0.15) is 18.1 Å². The first kappa shape index (κ1) is 13.2. The van der Waals surface area contributed by atoms with Crippen LogP contribution >= 0.6 is 0 Å². The van der Waals surface area contributed by atoms with Gasteiger partial charge < -0.3 is 10.2 Å². The predicted octanol–water partition coefficient (Wildman–Crippen LogP) is 2.08. The summed E-state index contributed by atoms with van der Waals surface area (Å²) in [6.45, 7) is 8.72. The summed E-state index contributed by atoms with van der Waals surface area (Å²) >= 11 is 0. The van der Waals surface area contributed by atoms with Gasteiger partial charge in [-0.3, -0.25) is 0 Å². The molecular weight excluding hydrogens is 196 g/mol. The molecule has 0 heterocycles. The number of benzene rings is 1. The third kappa shape index (κ3) is 5.29. The molecule has 2 heteroatoms. The lowest BCUT2D eigenvalue weighted by molar-refractivity contribution is 0.349. The summed E-state index contributed by atoms with van der Waals surface area (Å²) in [7, 11) is 2.15. The second-order valence-electron chi connectivity index (χ2n) is 4.38. The molecule has 0 amide bonds. The van der Waals surface area contributed by atoms with Crippen LogP contribution in [0.15, 0.2) is 24.3 Å². The molecule has 0 saturated carbocycles. The van der Waals surface area contributed by atoms with E-state index in [0.29, 0.717) is 0 Å². The van der Waals surface area contributed by atoms with Crippen molar-refractivity contribution in [1.82, 2.24) is 10.2 Å². The Hall–Kier alpha value is -0.860. The number of nitrogens with one attached hydrogen (secondary N) is 1. The van der Waals surface area contributed by atoms with Crippen LogP contribution in [0.5, 0.6) is 0 Å². The van der Waals surface area contributed by atoms with Crippen molar-refractivity contribution in [2.75, 3.05) is 33.2 Å². The topological polar surface area (TPSA) is 15.3 Å². The molecule has 0 atom stereocenters. The Kier molecular flexibility index (Phi) is 6.12. The van der Waals surface area contributed by atoms with Crippen molar-refractivity contribution in [2.45, 2.75) is 20.3 Å². The molecule has 0 aromatic heterocycles. The molecule has 16 heavy (non-hydrogen) atoms. The molecule has 90 valence electrons. The average Bonchev–Trinajstić information content (AvgIpc) is 2.31. The molecule has 2 nitrogen and oxygen atoms in total. The van der Waals surface area contributed by atoms with E-state index < -0.39 is 0 Å². The molecular formula is C14H24N2. The van der Waals surface area contributed by atoms with Gasteiger partial charge in [0.25, 0.3) is 0 Å². The van der Waals surface area contributed by atoms with Gasteiger partial charge in [0.15, 0.2) is 0 Å². The quantitative estimate of drug-likeness (QED) is 0.708. The van der Waals surface area contributed by atoms with Crippen LogP contribution in [0.3, 0.4) is 0 Å². The highest BCUT2D eigenvalue weighted by molar-refractivity contribution is 5.21. The molecule has 1 aromatic rings. The molecule has 1 N–H and O–H groups in total. The molecule has 0 radical (unpaired) electrons. The monoisotopic (exact) mass is 220 g/mol. The summed E-state index contributed by atoms with van der Waals surface area (Å²) in [5.74, 6) is 0. The SMILES string of the molecule is CCN(C)CCNCCc1ccc(C)cc1. The Bertz CT molecular complexity index is 279. The van der Waals surface area contributed by atoms with E-state index in [-0.39, 0.29) is 0 Å². The van der Waals surface area contributed by atoms with Gasteiger partial charge in [-0.25, -0.2) is 0 Å². The van der Waals surface area contributed by atoms with Gasteiger partial charge in [-0.1, -0.05) is 36.8 Å². The van der Waals surface area contributed by atoms with Gasteiger partial charge in [0, 0.05) is 13.1 Å². The smallest absolute Gasteiger partial charge is 0.0104 e. The number of likely N-dealkylation sites (N-methyl/N-ethyl adjacent to an activating group) is 1. The van der Waals surface area contributed by atoms with E-state index in [9.17, 15) is 0 Å². The van der Waals surface area contributed by atoms with Crippen molar-refractivity contribution in [3.05, 3.63) is 35.4 Å². The Morgan fingerprint density at radius 2 is 1.81 bits per heavy atom. The van der Waals surface area contributed by atoms with Crippen molar-refractivity contribution in [3.8, 4) is 0 Å².